The standard InChI is InChI=1S/C26H44N4O2/c1-4-27-26(28-19-22-11-7-8-12-23(22)20-29(5-2)6-3)30-16-14-24(15-17-30)32-21-25-13-9-10-18-31-25/h7-8,11-12,24-25H,4-6,9-10,13-21H2,1-3H3,(H,27,28). The molecule has 0 bridgehead atoms. The maximum absolute atomic E-state index is 6.20. The first-order valence-electron chi connectivity index (χ1n) is 12.8. The van der Waals surface area contributed by atoms with Crippen LogP contribution in [0.15, 0.2) is 29.3 Å². The lowest BCUT2D eigenvalue weighted by Crippen LogP contribution is -2.47. The van der Waals surface area contributed by atoms with Crippen molar-refractivity contribution in [3.05, 3.63) is 35.4 Å². The highest BCUT2D eigenvalue weighted by molar-refractivity contribution is 5.80. The van der Waals surface area contributed by atoms with Gasteiger partial charge in [-0.15, -0.1) is 0 Å². The minimum atomic E-state index is 0.303. The molecule has 180 valence electrons. The van der Waals surface area contributed by atoms with Gasteiger partial charge in [0.15, 0.2) is 5.96 Å². The number of piperidine rings is 1. The molecule has 1 unspecified atom stereocenters. The van der Waals surface area contributed by atoms with Crippen molar-refractivity contribution in [1.82, 2.24) is 15.1 Å². The number of benzene rings is 1. The van der Waals surface area contributed by atoms with Crippen molar-refractivity contribution < 1.29 is 9.47 Å². The van der Waals surface area contributed by atoms with Crippen LogP contribution in [0, 0.1) is 0 Å². The fourth-order valence-electron chi connectivity index (χ4n) is 4.56. The van der Waals surface area contributed by atoms with Crippen LogP contribution < -0.4 is 5.32 Å². The molecule has 0 spiro atoms. The van der Waals surface area contributed by atoms with Crippen molar-refractivity contribution in [2.75, 3.05) is 45.9 Å². The van der Waals surface area contributed by atoms with Crippen molar-refractivity contribution >= 4 is 5.96 Å². The van der Waals surface area contributed by atoms with Gasteiger partial charge in [-0.05, 0) is 63.2 Å². The zero-order valence-corrected chi connectivity index (χ0v) is 20.5. The maximum Gasteiger partial charge on any atom is 0.194 e. The van der Waals surface area contributed by atoms with Gasteiger partial charge in [-0.2, -0.15) is 0 Å². The highest BCUT2D eigenvalue weighted by Gasteiger charge is 2.24. The van der Waals surface area contributed by atoms with Crippen LogP contribution in [0.2, 0.25) is 0 Å². The molecule has 0 aromatic heterocycles. The van der Waals surface area contributed by atoms with E-state index in [-0.39, 0.29) is 0 Å². The second-order valence-electron chi connectivity index (χ2n) is 8.91. The van der Waals surface area contributed by atoms with Crippen LogP contribution in [0.1, 0.15) is 64.0 Å². The van der Waals surface area contributed by atoms with E-state index in [9.17, 15) is 0 Å². The number of guanidine groups is 1. The molecule has 2 fully saturated rings. The van der Waals surface area contributed by atoms with Crippen LogP contribution in [-0.4, -0.2) is 73.9 Å². The molecule has 2 aliphatic heterocycles. The molecular formula is C26H44N4O2. The van der Waals surface area contributed by atoms with Crippen molar-refractivity contribution in [3.8, 4) is 0 Å². The Morgan fingerprint density at radius 3 is 2.50 bits per heavy atom. The van der Waals surface area contributed by atoms with E-state index in [1.807, 2.05) is 0 Å². The molecule has 6 heteroatoms. The number of hydrogen-bond acceptors (Lipinski definition) is 4. The topological polar surface area (TPSA) is 49.3 Å². The molecule has 2 heterocycles. The Morgan fingerprint density at radius 1 is 1.09 bits per heavy atom. The Hall–Kier alpha value is -1.63. The van der Waals surface area contributed by atoms with Crippen molar-refractivity contribution in [1.29, 1.82) is 0 Å². The molecule has 1 atom stereocenters. The predicted molar refractivity (Wildman–Crippen MR) is 132 cm³/mol. The zero-order valence-electron chi connectivity index (χ0n) is 20.5. The van der Waals surface area contributed by atoms with Crippen molar-refractivity contribution in [2.45, 2.75) is 78.2 Å². The zero-order chi connectivity index (χ0) is 22.6. The number of nitrogens with zero attached hydrogens (tertiary/aromatic N) is 3. The number of rotatable bonds is 10. The van der Waals surface area contributed by atoms with Crippen LogP contribution in [0.4, 0.5) is 0 Å². The summed E-state index contributed by atoms with van der Waals surface area (Å²) in [5.41, 5.74) is 2.70. The first kappa shape index (κ1) is 25.0. The quantitative estimate of drug-likeness (QED) is 0.436. The first-order chi connectivity index (χ1) is 15.7. The fourth-order valence-corrected chi connectivity index (χ4v) is 4.56. The minimum absolute atomic E-state index is 0.303. The molecule has 3 rings (SSSR count). The summed E-state index contributed by atoms with van der Waals surface area (Å²) in [6.45, 7) is 15.0. The fraction of sp³-hybridized carbons (Fsp3) is 0.731. The summed E-state index contributed by atoms with van der Waals surface area (Å²) in [6, 6.07) is 8.73. The van der Waals surface area contributed by atoms with Gasteiger partial charge in [0.1, 0.15) is 0 Å². The van der Waals surface area contributed by atoms with Crippen molar-refractivity contribution in [3.63, 3.8) is 0 Å². The average Bonchev–Trinajstić information content (AvgIpc) is 2.85. The van der Waals surface area contributed by atoms with Gasteiger partial charge in [0.25, 0.3) is 0 Å². The van der Waals surface area contributed by atoms with Crippen LogP contribution >= 0.6 is 0 Å². The van der Waals surface area contributed by atoms with Crippen molar-refractivity contribution in [2.24, 2.45) is 4.99 Å². The normalized spacial score (nSPS) is 20.7. The number of aliphatic imine (C=N–C) groups is 1. The van der Waals surface area contributed by atoms with E-state index in [0.717, 1.165) is 84.2 Å². The second kappa shape index (κ2) is 13.8. The number of likely N-dealkylation sites (tertiary alicyclic amines) is 1. The number of nitrogens with one attached hydrogen (secondary N) is 1. The van der Waals surface area contributed by atoms with Gasteiger partial charge in [0.2, 0.25) is 0 Å². The Kier molecular flexibility index (Phi) is 10.8. The van der Waals surface area contributed by atoms with Gasteiger partial charge in [0.05, 0.1) is 25.4 Å². The monoisotopic (exact) mass is 444 g/mol. The molecule has 0 radical (unpaired) electrons. The molecule has 1 aromatic carbocycles. The smallest absolute Gasteiger partial charge is 0.194 e. The SMILES string of the molecule is CCNC(=NCc1ccccc1CN(CC)CC)N1CCC(OCC2CCCCO2)CC1. The van der Waals surface area contributed by atoms with Gasteiger partial charge in [0, 0.05) is 32.8 Å². The van der Waals surface area contributed by atoms with E-state index < -0.39 is 0 Å². The molecule has 0 saturated carbocycles. The van der Waals surface area contributed by atoms with E-state index in [1.165, 1.54) is 24.0 Å². The molecule has 1 N–H and O–H groups in total. The lowest BCUT2D eigenvalue weighted by molar-refractivity contribution is -0.0721. The van der Waals surface area contributed by atoms with E-state index >= 15 is 0 Å². The van der Waals surface area contributed by atoms with Crippen LogP contribution in [0.25, 0.3) is 0 Å². The Bertz CT molecular complexity index is 678. The molecule has 2 saturated heterocycles. The summed E-state index contributed by atoms with van der Waals surface area (Å²) in [7, 11) is 0. The van der Waals surface area contributed by atoms with Gasteiger partial charge in [-0.3, -0.25) is 4.90 Å². The van der Waals surface area contributed by atoms with Crippen LogP contribution in [-0.2, 0) is 22.6 Å². The summed E-state index contributed by atoms with van der Waals surface area (Å²) >= 11 is 0. The largest absolute Gasteiger partial charge is 0.376 e. The summed E-state index contributed by atoms with van der Waals surface area (Å²) in [5.74, 6) is 1.03. The van der Waals surface area contributed by atoms with E-state index in [4.69, 9.17) is 14.5 Å². The highest BCUT2D eigenvalue weighted by Crippen LogP contribution is 2.19. The number of ether oxygens (including phenoxy) is 2. The second-order valence-corrected chi connectivity index (χ2v) is 8.91. The first-order valence-corrected chi connectivity index (χ1v) is 12.8. The Labute approximate surface area is 195 Å². The molecule has 1 aromatic rings. The molecular weight excluding hydrogens is 400 g/mol. The van der Waals surface area contributed by atoms with Crippen LogP contribution in [0.5, 0.6) is 0 Å². The Morgan fingerprint density at radius 2 is 1.84 bits per heavy atom. The van der Waals surface area contributed by atoms with Gasteiger partial charge in [-0.1, -0.05) is 38.1 Å². The summed E-state index contributed by atoms with van der Waals surface area (Å²) in [5, 5.41) is 3.51. The summed E-state index contributed by atoms with van der Waals surface area (Å²) < 4.78 is 12.0. The Balaban J connectivity index is 1.53. The highest BCUT2D eigenvalue weighted by atomic mass is 16.5. The van der Waals surface area contributed by atoms with Gasteiger partial charge >= 0.3 is 0 Å². The summed E-state index contributed by atoms with van der Waals surface area (Å²) in [6.07, 6.45) is 6.36. The average molecular weight is 445 g/mol. The van der Waals surface area contributed by atoms with Gasteiger partial charge in [-0.25, -0.2) is 4.99 Å². The third-order valence-electron chi connectivity index (χ3n) is 6.67. The predicted octanol–water partition coefficient (Wildman–Crippen LogP) is 4.04. The molecule has 32 heavy (non-hydrogen) atoms. The lowest BCUT2D eigenvalue weighted by atomic mass is 10.1. The molecule has 0 aliphatic carbocycles. The molecule has 0 amide bonds. The third kappa shape index (κ3) is 7.75. The van der Waals surface area contributed by atoms with Gasteiger partial charge < -0.3 is 19.7 Å². The van der Waals surface area contributed by atoms with E-state index in [0.29, 0.717) is 12.2 Å². The summed E-state index contributed by atoms with van der Waals surface area (Å²) in [4.78, 5) is 9.88. The lowest BCUT2D eigenvalue weighted by Gasteiger charge is -2.35. The van der Waals surface area contributed by atoms with E-state index in [1.54, 1.807) is 0 Å². The molecule has 6 nitrogen and oxygen atoms in total. The minimum Gasteiger partial charge on any atom is -0.376 e. The number of hydrogen-bond donors (Lipinski definition) is 1. The third-order valence-corrected chi connectivity index (χ3v) is 6.67. The van der Waals surface area contributed by atoms with E-state index in [2.05, 4.69) is 60.2 Å². The maximum atomic E-state index is 6.20. The molecule has 2 aliphatic rings. The van der Waals surface area contributed by atoms with Crippen LogP contribution in [0.3, 0.4) is 0 Å².